The topological polar surface area (TPSA) is 81.2 Å². The highest BCUT2D eigenvalue weighted by molar-refractivity contribution is 7.19. The van der Waals surface area contributed by atoms with Gasteiger partial charge < -0.3 is 10.1 Å². The average Bonchev–Trinajstić information content (AvgIpc) is 2.96. The van der Waals surface area contributed by atoms with Crippen molar-refractivity contribution in [2.24, 2.45) is 0 Å². The summed E-state index contributed by atoms with van der Waals surface area (Å²) in [4.78, 5) is 32.8. The number of hydrogen-bond donors (Lipinski definition) is 1. The van der Waals surface area contributed by atoms with Gasteiger partial charge in [-0.1, -0.05) is 18.3 Å². The van der Waals surface area contributed by atoms with Gasteiger partial charge in [-0.25, -0.2) is 4.98 Å². The van der Waals surface area contributed by atoms with Gasteiger partial charge in [-0.3, -0.25) is 14.6 Å². The number of aryl methyl sites for hydroxylation is 1. The molecule has 0 saturated carbocycles. The Kier molecular flexibility index (Phi) is 6.82. The summed E-state index contributed by atoms with van der Waals surface area (Å²) >= 11 is 1.35. The first-order chi connectivity index (χ1) is 12.0. The van der Waals surface area contributed by atoms with E-state index in [1.165, 1.54) is 17.4 Å². The SMILES string of the molecule is CCCC(=O)/C=C(\OCC)C(=O)Nc1sc(-c2cccnc2)nc1C. The summed E-state index contributed by atoms with van der Waals surface area (Å²) in [6.45, 7) is 5.80. The molecule has 2 aromatic rings. The highest BCUT2D eigenvalue weighted by Crippen LogP contribution is 2.31. The molecular formula is C18H21N3O3S. The number of rotatable bonds is 8. The summed E-state index contributed by atoms with van der Waals surface area (Å²) in [6, 6.07) is 3.74. The van der Waals surface area contributed by atoms with Gasteiger partial charge in [-0.15, -0.1) is 0 Å². The molecule has 0 radical (unpaired) electrons. The Morgan fingerprint density at radius 3 is 2.80 bits per heavy atom. The molecule has 0 saturated heterocycles. The average molecular weight is 359 g/mol. The van der Waals surface area contributed by atoms with E-state index in [0.717, 1.165) is 17.0 Å². The van der Waals surface area contributed by atoms with Crippen LogP contribution in [0.2, 0.25) is 0 Å². The number of amides is 1. The van der Waals surface area contributed by atoms with E-state index in [9.17, 15) is 9.59 Å². The molecule has 0 spiro atoms. The zero-order valence-electron chi connectivity index (χ0n) is 14.5. The van der Waals surface area contributed by atoms with Gasteiger partial charge in [0, 0.05) is 30.5 Å². The fourth-order valence-corrected chi connectivity index (χ4v) is 3.03. The first-order valence-electron chi connectivity index (χ1n) is 8.11. The lowest BCUT2D eigenvalue weighted by atomic mass is 10.2. The van der Waals surface area contributed by atoms with Gasteiger partial charge in [0.15, 0.2) is 11.5 Å². The number of nitrogens with zero attached hydrogens (tertiary/aromatic N) is 2. The van der Waals surface area contributed by atoms with Crippen LogP contribution in [0, 0.1) is 6.92 Å². The summed E-state index contributed by atoms with van der Waals surface area (Å²) in [5.41, 5.74) is 1.59. The number of carbonyl (C=O) groups is 2. The van der Waals surface area contributed by atoms with Crippen LogP contribution in [0.4, 0.5) is 5.00 Å². The molecule has 132 valence electrons. The van der Waals surface area contributed by atoms with E-state index in [1.54, 1.807) is 19.3 Å². The van der Waals surface area contributed by atoms with Crippen molar-refractivity contribution in [1.82, 2.24) is 9.97 Å². The van der Waals surface area contributed by atoms with E-state index in [-0.39, 0.29) is 11.5 Å². The second kappa shape index (κ2) is 9.08. The van der Waals surface area contributed by atoms with Crippen molar-refractivity contribution in [3.63, 3.8) is 0 Å². The zero-order valence-corrected chi connectivity index (χ0v) is 15.4. The summed E-state index contributed by atoms with van der Waals surface area (Å²) in [7, 11) is 0. The molecule has 0 aliphatic rings. The predicted molar refractivity (Wildman–Crippen MR) is 98.3 cm³/mol. The Morgan fingerprint density at radius 1 is 1.36 bits per heavy atom. The molecule has 0 aliphatic carbocycles. The molecule has 2 aromatic heterocycles. The van der Waals surface area contributed by atoms with Crippen molar-refractivity contribution < 1.29 is 14.3 Å². The number of hydrogen-bond acceptors (Lipinski definition) is 6. The first kappa shape index (κ1) is 18.8. The Balaban J connectivity index is 2.18. The molecule has 0 aliphatic heterocycles. The minimum Gasteiger partial charge on any atom is -0.488 e. The van der Waals surface area contributed by atoms with E-state index in [1.807, 2.05) is 26.0 Å². The third-order valence-electron chi connectivity index (χ3n) is 3.24. The van der Waals surface area contributed by atoms with Crippen LogP contribution in [0.3, 0.4) is 0 Å². The second-order valence-corrected chi connectivity index (χ2v) is 6.29. The molecule has 0 atom stereocenters. The van der Waals surface area contributed by atoms with Gasteiger partial charge in [-0.2, -0.15) is 0 Å². The fourth-order valence-electron chi connectivity index (χ4n) is 2.08. The molecule has 2 heterocycles. The number of anilines is 1. The van der Waals surface area contributed by atoms with Crippen LogP contribution >= 0.6 is 11.3 Å². The van der Waals surface area contributed by atoms with Gasteiger partial charge in [0.1, 0.15) is 10.0 Å². The highest BCUT2D eigenvalue weighted by Gasteiger charge is 2.17. The minimum absolute atomic E-state index is 0.0247. The summed E-state index contributed by atoms with van der Waals surface area (Å²) in [5, 5.41) is 4.17. The van der Waals surface area contributed by atoms with Gasteiger partial charge in [0.25, 0.3) is 5.91 Å². The van der Waals surface area contributed by atoms with Crippen LogP contribution in [-0.2, 0) is 14.3 Å². The Labute approximate surface area is 151 Å². The molecule has 25 heavy (non-hydrogen) atoms. The van der Waals surface area contributed by atoms with E-state index < -0.39 is 5.91 Å². The summed E-state index contributed by atoms with van der Waals surface area (Å²) < 4.78 is 5.33. The Bertz CT molecular complexity index is 769. The lowest BCUT2D eigenvalue weighted by molar-refractivity contribution is -0.118. The lowest BCUT2D eigenvalue weighted by Gasteiger charge is -2.08. The highest BCUT2D eigenvalue weighted by atomic mass is 32.1. The van der Waals surface area contributed by atoms with Crippen molar-refractivity contribution in [3.8, 4) is 10.6 Å². The maximum absolute atomic E-state index is 12.5. The third kappa shape index (κ3) is 5.22. The van der Waals surface area contributed by atoms with Crippen molar-refractivity contribution in [2.75, 3.05) is 11.9 Å². The standard InChI is InChI=1S/C18H21N3O3S/c1-4-7-14(22)10-15(24-5-2)16(23)21-17-12(3)20-18(25-17)13-8-6-9-19-11-13/h6,8-11H,4-5,7H2,1-3H3,(H,21,23)/b15-10-. The van der Waals surface area contributed by atoms with Crippen LogP contribution in [0.1, 0.15) is 32.4 Å². The maximum atomic E-state index is 12.5. The van der Waals surface area contributed by atoms with Crippen molar-refractivity contribution in [1.29, 1.82) is 0 Å². The van der Waals surface area contributed by atoms with Crippen LogP contribution in [0.15, 0.2) is 36.4 Å². The lowest BCUT2D eigenvalue weighted by Crippen LogP contribution is -2.17. The molecule has 1 N–H and O–H groups in total. The number of nitrogens with one attached hydrogen (secondary N) is 1. The molecule has 2 rings (SSSR count). The minimum atomic E-state index is -0.448. The largest absolute Gasteiger partial charge is 0.488 e. The summed E-state index contributed by atoms with van der Waals surface area (Å²) in [5.74, 6) is -0.550. The maximum Gasteiger partial charge on any atom is 0.291 e. The number of aromatic nitrogens is 2. The predicted octanol–water partition coefficient (Wildman–Crippen LogP) is 3.74. The number of thiazole rings is 1. The zero-order chi connectivity index (χ0) is 18.2. The molecular weight excluding hydrogens is 338 g/mol. The molecule has 6 nitrogen and oxygen atoms in total. The van der Waals surface area contributed by atoms with Crippen molar-refractivity contribution in [3.05, 3.63) is 42.1 Å². The summed E-state index contributed by atoms with van der Waals surface area (Å²) in [6.07, 6.45) is 5.78. The van der Waals surface area contributed by atoms with Gasteiger partial charge in [0.05, 0.1) is 12.3 Å². The van der Waals surface area contributed by atoms with Gasteiger partial charge in [-0.05, 0) is 32.4 Å². The van der Waals surface area contributed by atoms with E-state index in [0.29, 0.717) is 23.7 Å². The molecule has 0 bridgehead atoms. The van der Waals surface area contributed by atoms with Crippen LogP contribution in [-0.4, -0.2) is 28.3 Å². The number of ether oxygens (including phenoxy) is 1. The first-order valence-corrected chi connectivity index (χ1v) is 8.93. The smallest absolute Gasteiger partial charge is 0.291 e. The number of pyridine rings is 1. The van der Waals surface area contributed by atoms with Crippen molar-refractivity contribution >= 4 is 28.0 Å². The van der Waals surface area contributed by atoms with Crippen molar-refractivity contribution in [2.45, 2.75) is 33.6 Å². The van der Waals surface area contributed by atoms with E-state index in [4.69, 9.17) is 4.74 Å². The molecule has 7 heteroatoms. The van der Waals surface area contributed by atoms with Crippen LogP contribution < -0.4 is 5.32 Å². The monoisotopic (exact) mass is 359 g/mol. The molecule has 1 amide bonds. The van der Waals surface area contributed by atoms with Gasteiger partial charge >= 0.3 is 0 Å². The number of allylic oxidation sites excluding steroid dienone is 1. The number of carbonyl (C=O) groups excluding carboxylic acids is 2. The Morgan fingerprint density at radius 2 is 2.16 bits per heavy atom. The molecule has 0 unspecified atom stereocenters. The van der Waals surface area contributed by atoms with Gasteiger partial charge in [0.2, 0.25) is 0 Å². The second-order valence-electron chi connectivity index (χ2n) is 5.29. The molecule has 0 fully saturated rings. The van der Waals surface area contributed by atoms with Crippen LogP contribution in [0.5, 0.6) is 0 Å². The number of ketones is 1. The fraction of sp³-hybridized carbons (Fsp3) is 0.333. The third-order valence-corrected chi connectivity index (χ3v) is 4.37. The quantitative estimate of drug-likeness (QED) is 0.573. The normalized spacial score (nSPS) is 11.2. The molecule has 0 aromatic carbocycles. The Hall–Kier alpha value is -2.54. The van der Waals surface area contributed by atoms with E-state index in [2.05, 4.69) is 15.3 Å². The van der Waals surface area contributed by atoms with Crippen LogP contribution in [0.25, 0.3) is 10.6 Å². The van der Waals surface area contributed by atoms with E-state index >= 15 is 0 Å².